The number of hydrogen-bond donors (Lipinski definition) is 2. The molecule has 0 spiro atoms. The minimum absolute atomic E-state index is 0.0404. The number of amides is 1. The molecule has 2 aromatic rings. The lowest BCUT2D eigenvalue weighted by atomic mass is 9.82. The highest BCUT2D eigenvalue weighted by Gasteiger charge is 2.37. The Hall–Kier alpha value is -2.56. The van der Waals surface area contributed by atoms with Crippen molar-refractivity contribution in [3.05, 3.63) is 58.5 Å². The van der Waals surface area contributed by atoms with Crippen LogP contribution in [0.1, 0.15) is 32.4 Å². The molecule has 1 amide bonds. The van der Waals surface area contributed by atoms with Crippen LogP contribution in [0.3, 0.4) is 0 Å². The van der Waals surface area contributed by atoms with E-state index < -0.39 is 0 Å². The first-order chi connectivity index (χ1) is 11.0. The lowest BCUT2D eigenvalue weighted by molar-refractivity contribution is -0.117. The molecule has 1 unspecified atom stereocenters. The molecule has 1 aromatic heterocycles. The molecule has 1 aromatic carbocycles. The van der Waals surface area contributed by atoms with Crippen LogP contribution < -0.4 is 15.8 Å². The van der Waals surface area contributed by atoms with E-state index in [1.807, 2.05) is 35.2 Å². The average Bonchev–Trinajstić information content (AvgIpc) is 2.51. The van der Waals surface area contributed by atoms with Crippen molar-refractivity contribution in [1.82, 2.24) is 4.98 Å². The summed E-state index contributed by atoms with van der Waals surface area (Å²) in [7, 11) is 0. The summed E-state index contributed by atoms with van der Waals surface area (Å²) in [5.74, 6) is 0.250. The van der Waals surface area contributed by atoms with E-state index in [9.17, 15) is 9.59 Å². The average molecular weight is 311 g/mol. The number of anilines is 2. The molecule has 5 heteroatoms. The predicted molar refractivity (Wildman–Crippen MR) is 91.7 cm³/mol. The molecule has 3 atom stereocenters. The van der Waals surface area contributed by atoms with Gasteiger partial charge < -0.3 is 15.2 Å². The first kappa shape index (κ1) is 15.3. The summed E-state index contributed by atoms with van der Waals surface area (Å²) < 4.78 is 0. The van der Waals surface area contributed by atoms with Crippen molar-refractivity contribution in [3.8, 4) is 0 Å². The predicted octanol–water partition coefficient (Wildman–Crippen LogP) is 2.92. The molecule has 2 N–H and O–H groups in total. The highest BCUT2D eigenvalue weighted by Crippen LogP contribution is 2.42. The molecule has 0 bridgehead atoms. The van der Waals surface area contributed by atoms with Crippen molar-refractivity contribution in [2.75, 3.05) is 10.2 Å². The summed E-state index contributed by atoms with van der Waals surface area (Å²) in [6, 6.07) is 11.5. The third-order valence-corrected chi connectivity index (χ3v) is 4.66. The van der Waals surface area contributed by atoms with Gasteiger partial charge in [-0.2, -0.15) is 0 Å². The Bertz CT molecular complexity index is 784. The number of benzene rings is 1. The number of nitrogens with one attached hydrogen (secondary N) is 2. The Balaban J connectivity index is 2.04. The molecule has 0 saturated carbocycles. The number of para-hydroxylation sites is 1. The number of rotatable bonds is 2. The van der Waals surface area contributed by atoms with Crippen molar-refractivity contribution in [2.45, 2.75) is 32.9 Å². The van der Waals surface area contributed by atoms with Gasteiger partial charge >= 0.3 is 0 Å². The van der Waals surface area contributed by atoms with Crippen LogP contribution >= 0.6 is 0 Å². The molecule has 0 radical (unpaired) electrons. The number of carbonyl (C=O) groups excluding carboxylic acids is 1. The topological polar surface area (TPSA) is 65.2 Å². The number of pyridine rings is 1. The minimum atomic E-state index is -0.134. The highest BCUT2D eigenvalue weighted by atomic mass is 16.2. The van der Waals surface area contributed by atoms with Crippen LogP contribution in [-0.2, 0) is 4.79 Å². The fourth-order valence-corrected chi connectivity index (χ4v) is 3.37. The van der Waals surface area contributed by atoms with Gasteiger partial charge in [0.15, 0.2) is 0 Å². The molecular formula is C18H21N3O2. The smallest absolute Gasteiger partial charge is 0.249 e. The zero-order valence-corrected chi connectivity index (χ0v) is 13.5. The molecule has 5 nitrogen and oxygen atoms in total. The molecule has 1 aliphatic rings. The second-order valence-corrected chi connectivity index (χ2v) is 6.11. The fourth-order valence-electron chi connectivity index (χ4n) is 3.37. The molecular weight excluding hydrogens is 290 g/mol. The van der Waals surface area contributed by atoms with E-state index >= 15 is 0 Å². The molecule has 0 aliphatic carbocycles. The number of hydrogen-bond acceptors (Lipinski definition) is 3. The van der Waals surface area contributed by atoms with E-state index in [2.05, 4.69) is 24.1 Å². The van der Waals surface area contributed by atoms with E-state index in [-0.39, 0.29) is 29.5 Å². The van der Waals surface area contributed by atoms with Gasteiger partial charge in [-0.05, 0) is 24.6 Å². The first-order valence-electron chi connectivity index (χ1n) is 7.83. The van der Waals surface area contributed by atoms with Gasteiger partial charge in [-0.25, -0.2) is 0 Å². The van der Waals surface area contributed by atoms with Gasteiger partial charge in [0.25, 0.3) is 0 Å². The summed E-state index contributed by atoms with van der Waals surface area (Å²) in [5, 5.41) is 3.46. The van der Waals surface area contributed by atoms with Gasteiger partial charge in [0, 0.05) is 42.5 Å². The number of nitrogens with zero attached hydrogens (tertiary/aromatic N) is 1. The lowest BCUT2D eigenvalue weighted by Crippen LogP contribution is -2.48. The van der Waals surface area contributed by atoms with Gasteiger partial charge in [-0.15, -0.1) is 0 Å². The summed E-state index contributed by atoms with van der Waals surface area (Å²) in [5.41, 5.74) is 2.66. The minimum Gasteiger partial charge on any atom is -0.378 e. The summed E-state index contributed by atoms with van der Waals surface area (Å²) >= 11 is 0. The second-order valence-electron chi connectivity index (χ2n) is 6.11. The maximum absolute atomic E-state index is 12.1. The SMILES string of the molecule is CC(=O)N1c2ccccc2C(Nc2cc[nH]c(=O)c2)[C@@H](C)[C@@H]1C. The molecule has 120 valence electrons. The van der Waals surface area contributed by atoms with E-state index in [1.54, 1.807) is 19.2 Å². The van der Waals surface area contributed by atoms with Crippen molar-refractivity contribution in [3.63, 3.8) is 0 Å². The van der Waals surface area contributed by atoms with Crippen LogP contribution in [0.15, 0.2) is 47.4 Å². The maximum atomic E-state index is 12.1. The molecule has 0 fully saturated rings. The van der Waals surface area contributed by atoms with E-state index in [1.165, 1.54) is 0 Å². The summed E-state index contributed by atoms with van der Waals surface area (Å²) in [6.45, 7) is 5.79. The van der Waals surface area contributed by atoms with Crippen LogP contribution in [0.4, 0.5) is 11.4 Å². The Morgan fingerprint density at radius 1 is 1.22 bits per heavy atom. The number of aromatic amines is 1. The maximum Gasteiger partial charge on any atom is 0.249 e. The van der Waals surface area contributed by atoms with Crippen molar-refractivity contribution in [2.24, 2.45) is 5.92 Å². The fraction of sp³-hybridized carbons (Fsp3) is 0.333. The number of aromatic nitrogens is 1. The quantitative estimate of drug-likeness (QED) is 0.896. The largest absolute Gasteiger partial charge is 0.378 e. The number of H-pyrrole nitrogens is 1. The van der Waals surface area contributed by atoms with Gasteiger partial charge in [0.05, 0.1) is 6.04 Å². The third-order valence-electron chi connectivity index (χ3n) is 4.66. The highest BCUT2D eigenvalue weighted by molar-refractivity contribution is 5.93. The first-order valence-corrected chi connectivity index (χ1v) is 7.83. The van der Waals surface area contributed by atoms with Crippen molar-refractivity contribution in [1.29, 1.82) is 0 Å². The standard InChI is InChI=1S/C18H21N3O2/c1-11-12(2)21(13(3)22)16-7-5-4-6-15(16)18(11)20-14-8-9-19-17(23)10-14/h4-12,18H,1-3H3,(H2,19,20,23)/t11-,12-,18?/m0/s1. The van der Waals surface area contributed by atoms with Crippen molar-refractivity contribution < 1.29 is 4.79 Å². The van der Waals surface area contributed by atoms with Gasteiger partial charge in [-0.1, -0.05) is 25.1 Å². The number of fused-ring (bicyclic) bond motifs is 1. The second kappa shape index (κ2) is 5.91. The number of carbonyl (C=O) groups is 1. The van der Waals surface area contributed by atoms with Crippen LogP contribution in [0.2, 0.25) is 0 Å². The Labute approximate surface area is 135 Å². The molecule has 23 heavy (non-hydrogen) atoms. The zero-order chi connectivity index (χ0) is 16.6. The normalized spacial score (nSPS) is 23.3. The van der Waals surface area contributed by atoms with Gasteiger partial charge in [0.2, 0.25) is 11.5 Å². The molecule has 2 heterocycles. The van der Waals surface area contributed by atoms with E-state index in [4.69, 9.17) is 0 Å². The summed E-state index contributed by atoms with van der Waals surface area (Å²) in [4.78, 5) is 28.1. The van der Waals surface area contributed by atoms with Crippen LogP contribution in [0, 0.1) is 5.92 Å². The van der Waals surface area contributed by atoms with Gasteiger partial charge in [0.1, 0.15) is 0 Å². The third kappa shape index (κ3) is 2.74. The van der Waals surface area contributed by atoms with E-state index in [0.29, 0.717) is 0 Å². The lowest BCUT2D eigenvalue weighted by Gasteiger charge is -2.44. The zero-order valence-electron chi connectivity index (χ0n) is 13.5. The van der Waals surface area contributed by atoms with Crippen LogP contribution in [0.5, 0.6) is 0 Å². The van der Waals surface area contributed by atoms with Crippen LogP contribution in [-0.4, -0.2) is 16.9 Å². The molecule has 3 rings (SSSR count). The Morgan fingerprint density at radius 3 is 2.65 bits per heavy atom. The molecule has 0 saturated heterocycles. The Kier molecular flexibility index (Phi) is 3.94. The van der Waals surface area contributed by atoms with Crippen LogP contribution in [0.25, 0.3) is 0 Å². The van der Waals surface area contributed by atoms with E-state index in [0.717, 1.165) is 16.9 Å². The summed E-state index contributed by atoms with van der Waals surface area (Å²) in [6.07, 6.45) is 1.63. The van der Waals surface area contributed by atoms with Crippen molar-refractivity contribution >= 4 is 17.3 Å². The monoisotopic (exact) mass is 311 g/mol. The molecule has 1 aliphatic heterocycles. The van der Waals surface area contributed by atoms with Gasteiger partial charge in [-0.3, -0.25) is 9.59 Å². The Morgan fingerprint density at radius 2 is 1.96 bits per heavy atom.